The summed E-state index contributed by atoms with van der Waals surface area (Å²) in [7, 11) is -4.79. The lowest BCUT2D eigenvalue weighted by Crippen LogP contribution is -2.24. The predicted octanol–water partition coefficient (Wildman–Crippen LogP) is 3.06. The second-order valence-corrected chi connectivity index (χ2v) is 5.94. The minimum Gasteiger partial charge on any atom is -0.276 e. The monoisotopic (exact) mass is 320 g/mol. The Morgan fingerprint density at radius 3 is 2.28 bits per heavy atom. The first-order valence-corrected chi connectivity index (χ1v) is 6.73. The number of sulfone groups is 1. The molecule has 0 atom stereocenters. The summed E-state index contributed by atoms with van der Waals surface area (Å²) in [6.45, 7) is 0. The normalized spacial score (nSPS) is 12.5. The Balaban J connectivity index is 3.46. The molecule has 18 heavy (non-hydrogen) atoms. The van der Waals surface area contributed by atoms with Gasteiger partial charge < -0.3 is 0 Å². The number of carbonyl (C=O) groups excluding carboxylic acids is 1. The second-order valence-electron chi connectivity index (χ2n) is 3.26. The number of hydrogen-bond acceptors (Lipinski definition) is 3. The highest BCUT2D eigenvalue weighted by atomic mass is 35.5. The number of carbonyl (C=O) groups is 1. The maximum atomic E-state index is 12.2. The van der Waals surface area contributed by atoms with Gasteiger partial charge in [0.1, 0.15) is 0 Å². The van der Waals surface area contributed by atoms with E-state index < -0.39 is 42.5 Å². The summed E-state index contributed by atoms with van der Waals surface area (Å²) in [4.78, 5) is 10.1. The van der Waals surface area contributed by atoms with Gasteiger partial charge >= 0.3 is 6.18 Å². The molecule has 1 aromatic carbocycles. The zero-order valence-electron chi connectivity index (χ0n) is 8.46. The van der Waals surface area contributed by atoms with E-state index in [0.29, 0.717) is 0 Å². The molecule has 100 valence electrons. The Kier molecular flexibility index (Phi) is 4.30. The molecule has 0 amide bonds. The summed E-state index contributed by atoms with van der Waals surface area (Å²) in [6.07, 6.45) is -4.94. The first-order chi connectivity index (χ1) is 8.04. The molecule has 0 unspecified atom stereocenters. The molecule has 0 aliphatic carbocycles. The van der Waals surface area contributed by atoms with Crippen molar-refractivity contribution in [2.24, 2.45) is 0 Å². The van der Waals surface area contributed by atoms with Gasteiger partial charge in [0, 0.05) is 0 Å². The Morgan fingerprint density at radius 2 is 1.83 bits per heavy atom. The summed E-state index contributed by atoms with van der Waals surface area (Å²) in [5.41, 5.74) is -0.576. The molecule has 1 aromatic rings. The van der Waals surface area contributed by atoms with E-state index in [1.165, 1.54) is 6.07 Å². The van der Waals surface area contributed by atoms with Crippen molar-refractivity contribution in [3.63, 3.8) is 0 Å². The molecule has 0 aromatic heterocycles. The van der Waals surface area contributed by atoms with Crippen LogP contribution in [0.3, 0.4) is 0 Å². The Morgan fingerprint density at radius 1 is 1.28 bits per heavy atom. The molecule has 3 nitrogen and oxygen atoms in total. The van der Waals surface area contributed by atoms with Crippen molar-refractivity contribution in [3.8, 4) is 0 Å². The topological polar surface area (TPSA) is 51.2 Å². The largest absolute Gasteiger partial charge is 0.403 e. The average molecular weight is 321 g/mol. The number of alkyl halides is 3. The standard InChI is InChI=1S/C9H5Cl2F3O3S/c10-6-3-1-2-5(8(11)15)7(6)18(16,17)4-9(12,13)14/h1-3H,4H2. The lowest BCUT2D eigenvalue weighted by atomic mass is 10.2. The molecule has 0 radical (unpaired) electrons. The quantitative estimate of drug-likeness (QED) is 0.804. The van der Waals surface area contributed by atoms with Crippen molar-refractivity contribution in [2.75, 3.05) is 5.75 Å². The van der Waals surface area contributed by atoms with Gasteiger partial charge in [0.05, 0.1) is 15.5 Å². The van der Waals surface area contributed by atoms with E-state index in [1.807, 2.05) is 0 Å². The zero-order chi connectivity index (χ0) is 14.1. The molecule has 0 N–H and O–H groups in total. The minimum absolute atomic E-state index is 0.481. The van der Waals surface area contributed by atoms with Gasteiger partial charge in [-0.25, -0.2) is 8.42 Å². The molecular formula is C9H5Cl2F3O3S. The fourth-order valence-corrected chi connectivity index (χ4v) is 3.44. The molecule has 1 rings (SSSR count). The Hall–Kier alpha value is -0.790. The van der Waals surface area contributed by atoms with Crippen LogP contribution in [0.2, 0.25) is 5.02 Å². The summed E-state index contributed by atoms with van der Waals surface area (Å²) < 4.78 is 59.6. The van der Waals surface area contributed by atoms with Crippen molar-refractivity contribution in [1.82, 2.24) is 0 Å². The SMILES string of the molecule is O=C(Cl)c1cccc(Cl)c1S(=O)(=O)CC(F)(F)F. The molecule has 0 aliphatic rings. The van der Waals surface area contributed by atoms with Crippen LogP contribution in [-0.2, 0) is 9.84 Å². The maximum Gasteiger partial charge on any atom is 0.403 e. The van der Waals surface area contributed by atoms with Gasteiger partial charge in [0.25, 0.3) is 5.24 Å². The average Bonchev–Trinajstić information content (AvgIpc) is 2.12. The third kappa shape index (κ3) is 3.60. The summed E-state index contributed by atoms with van der Waals surface area (Å²) in [6, 6.07) is 3.27. The molecule has 0 heterocycles. The molecule has 0 bridgehead atoms. The first-order valence-electron chi connectivity index (χ1n) is 4.32. The Labute approximate surface area is 110 Å². The highest BCUT2D eigenvalue weighted by molar-refractivity contribution is 7.91. The fraction of sp³-hybridized carbons (Fsp3) is 0.222. The van der Waals surface area contributed by atoms with Gasteiger partial charge in [-0.1, -0.05) is 17.7 Å². The van der Waals surface area contributed by atoms with Crippen LogP contribution in [0, 0.1) is 0 Å². The molecule has 0 aliphatic heterocycles. The zero-order valence-corrected chi connectivity index (χ0v) is 10.8. The summed E-state index contributed by atoms with van der Waals surface area (Å²) in [5.74, 6) is -2.11. The van der Waals surface area contributed by atoms with Gasteiger partial charge in [-0.05, 0) is 23.7 Å². The van der Waals surface area contributed by atoms with E-state index >= 15 is 0 Å². The van der Waals surface area contributed by atoms with Crippen LogP contribution in [0.15, 0.2) is 23.1 Å². The van der Waals surface area contributed by atoms with Crippen molar-refractivity contribution in [2.45, 2.75) is 11.1 Å². The van der Waals surface area contributed by atoms with Gasteiger partial charge in [-0.15, -0.1) is 0 Å². The maximum absolute atomic E-state index is 12.2. The van der Waals surface area contributed by atoms with Gasteiger partial charge in [-0.3, -0.25) is 4.79 Å². The number of halogens is 5. The second kappa shape index (κ2) is 5.07. The van der Waals surface area contributed by atoms with Gasteiger partial charge in [0.2, 0.25) is 0 Å². The van der Waals surface area contributed by atoms with Crippen LogP contribution in [0.25, 0.3) is 0 Å². The van der Waals surface area contributed by atoms with Crippen molar-refractivity contribution in [1.29, 1.82) is 0 Å². The number of rotatable bonds is 3. The van der Waals surface area contributed by atoms with Crippen molar-refractivity contribution < 1.29 is 26.4 Å². The van der Waals surface area contributed by atoms with Crippen LogP contribution in [0.1, 0.15) is 10.4 Å². The third-order valence-corrected chi connectivity index (χ3v) is 4.24. The van der Waals surface area contributed by atoms with Crippen molar-refractivity contribution >= 4 is 38.3 Å². The van der Waals surface area contributed by atoms with Crippen molar-refractivity contribution in [3.05, 3.63) is 28.8 Å². The van der Waals surface area contributed by atoms with Crippen LogP contribution < -0.4 is 0 Å². The molecule has 9 heteroatoms. The van der Waals surface area contributed by atoms with E-state index in [0.717, 1.165) is 12.1 Å². The highest BCUT2D eigenvalue weighted by Crippen LogP contribution is 2.30. The van der Waals surface area contributed by atoms with Crippen LogP contribution in [0.5, 0.6) is 0 Å². The number of benzene rings is 1. The molecule has 0 spiro atoms. The molecule has 0 saturated heterocycles. The van der Waals surface area contributed by atoms with Crippen LogP contribution in [0.4, 0.5) is 13.2 Å². The van der Waals surface area contributed by atoms with E-state index in [4.69, 9.17) is 23.2 Å². The van der Waals surface area contributed by atoms with Crippen LogP contribution in [-0.4, -0.2) is 25.6 Å². The smallest absolute Gasteiger partial charge is 0.276 e. The van der Waals surface area contributed by atoms with E-state index in [1.54, 1.807) is 0 Å². The Bertz CT molecular complexity index is 581. The molecule has 0 saturated carbocycles. The fourth-order valence-electron chi connectivity index (χ4n) is 1.27. The molecule has 0 fully saturated rings. The van der Waals surface area contributed by atoms with Gasteiger partial charge in [-0.2, -0.15) is 13.2 Å². The number of hydrogen-bond donors (Lipinski definition) is 0. The van der Waals surface area contributed by atoms with E-state index in [9.17, 15) is 26.4 Å². The van der Waals surface area contributed by atoms with E-state index in [2.05, 4.69) is 0 Å². The lowest BCUT2D eigenvalue weighted by Gasteiger charge is -2.11. The first kappa shape index (κ1) is 15.3. The van der Waals surface area contributed by atoms with Crippen LogP contribution >= 0.6 is 23.2 Å². The minimum atomic E-state index is -4.94. The third-order valence-electron chi connectivity index (χ3n) is 1.84. The lowest BCUT2D eigenvalue weighted by molar-refractivity contribution is -0.106. The highest BCUT2D eigenvalue weighted by Gasteiger charge is 2.38. The predicted molar refractivity (Wildman–Crippen MR) is 59.7 cm³/mol. The van der Waals surface area contributed by atoms with E-state index in [-0.39, 0.29) is 0 Å². The van der Waals surface area contributed by atoms with Gasteiger partial charge in [0.15, 0.2) is 15.6 Å². The summed E-state index contributed by atoms with van der Waals surface area (Å²) >= 11 is 10.6. The summed E-state index contributed by atoms with van der Waals surface area (Å²) in [5, 5.41) is -1.68. The molecular weight excluding hydrogens is 316 g/mol.